The van der Waals surface area contributed by atoms with Crippen LogP contribution < -0.4 is 10.7 Å². The first-order valence-electron chi connectivity index (χ1n) is 7.11. The molecule has 0 spiro atoms. The fraction of sp³-hybridized carbons (Fsp3) is 0.118. The van der Waals surface area contributed by atoms with Crippen LogP contribution in [-0.4, -0.2) is 29.7 Å². The Labute approximate surface area is 144 Å². The molecule has 0 fully saturated rings. The molecule has 0 saturated heterocycles. The van der Waals surface area contributed by atoms with Gasteiger partial charge in [-0.15, -0.1) is 0 Å². The molecule has 0 saturated carbocycles. The van der Waals surface area contributed by atoms with Gasteiger partial charge in [0, 0.05) is 16.1 Å². The van der Waals surface area contributed by atoms with Gasteiger partial charge in [-0.1, -0.05) is 29.3 Å². The number of phenolic OH excluding ortho intramolecular Hbond substituents is 1. The van der Waals surface area contributed by atoms with E-state index in [1.807, 2.05) is 13.0 Å². The average Bonchev–Trinajstić information content (AvgIpc) is 2.56. The highest BCUT2D eigenvalue weighted by molar-refractivity contribution is 6.30. The van der Waals surface area contributed by atoms with Crippen LogP contribution in [0.15, 0.2) is 47.6 Å². The quantitative estimate of drug-likeness (QED) is 0.573. The van der Waals surface area contributed by atoms with Gasteiger partial charge in [0.15, 0.2) is 0 Å². The van der Waals surface area contributed by atoms with Crippen LogP contribution in [0.3, 0.4) is 0 Å². The molecule has 0 aromatic heterocycles. The second kappa shape index (κ2) is 8.12. The summed E-state index contributed by atoms with van der Waals surface area (Å²) < 4.78 is 0. The Hall–Kier alpha value is -2.86. The number of hydrogen-bond donors (Lipinski definition) is 3. The van der Waals surface area contributed by atoms with Crippen LogP contribution in [0.2, 0.25) is 5.02 Å². The van der Waals surface area contributed by atoms with Gasteiger partial charge >= 0.3 is 0 Å². The Balaban J connectivity index is 1.84. The van der Waals surface area contributed by atoms with Crippen molar-refractivity contribution in [3.05, 3.63) is 64.2 Å². The van der Waals surface area contributed by atoms with Gasteiger partial charge in [-0.25, -0.2) is 5.43 Å². The van der Waals surface area contributed by atoms with Gasteiger partial charge in [-0.05, 0) is 37.3 Å². The summed E-state index contributed by atoms with van der Waals surface area (Å²) in [5.41, 5.74) is 4.06. The zero-order valence-corrected chi connectivity index (χ0v) is 13.7. The third kappa shape index (κ3) is 5.10. The number of nitrogens with one attached hydrogen (secondary N) is 2. The summed E-state index contributed by atoms with van der Waals surface area (Å²) in [4.78, 5) is 23.6. The van der Waals surface area contributed by atoms with Crippen molar-refractivity contribution in [2.24, 2.45) is 5.10 Å². The van der Waals surface area contributed by atoms with Crippen LogP contribution >= 0.6 is 11.6 Å². The summed E-state index contributed by atoms with van der Waals surface area (Å²) in [7, 11) is 0. The highest BCUT2D eigenvalue weighted by Gasteiger charge is 2.07. The van der Waals surface area contributed by atoms with E-state index in [4.69, 9.17) is 11.6 Å². The highest BCUT2D eigenvalue weighted by atomic mass is 35.5. The van der Waals surface area contributed by atoms with E-state index in [-0.39, 0.29) is 18.2 Å². The molecule has 0 atom stereocenters. The molecule has 0 radical (unpaired) electrons. The predicted molar refractivity (Wildman–Crippen MR) is 92.4 cm³/mol. The molecule has 0 unspecified atom stereocenters. The summed E-state index contributed by atoms with van der Waals surface area (Å²) in [5, 5.41) is 16.3. The summed E-state index contributed by atoms with van der Waals surface area (Å²) in [6, 6.07) is 11.5. The number of benzene rings is 2. The first-order valence-corrected chi connectivity index (χ1v) is 7.49. The first-order chi connectivity index (χ1) is 11.5. The fourth-order valence-electron chi connectivity index (χ4n) is 1.89. The van der Waals surface area contributed by atoms with Crippen LogP contribution in [0.25, 0.3) is 0 Å². The van der Waals surface area contributed by atoms with Crippen LogP contribution in [-0.2, 0) is 4.79 Å². The van der Waals surface area contributed by atoms with Crippen LogP contribution in [0.1, 0.15) is 21.5 Å². The lowest BCUT2D eigenvalue weighted by atomic mass is 10.1. The van der Waals surface area contributed by atoms with Crippen molar-refractivity contribution in [2.45, 2.75) is 6.92 Å². The van der Waals surface area contributed by atoms with E-state index in [0.29, 0.717) is 16.1 Å². The van der Waals surface area contributed by atoms with Crippen molar-refractivity contribution in [1.29, 1.82) is 0 Å². The molecular weight excluding hydrogens is 330 g/mol. The lowest BCUT2D eigenvalue weighted by molar-refractivity contribution is -0.120. The van der Waals surface area contributed by atoms with E-state index in [2.05, 4.69) is 15.8 Å². The predicted octanol–water partition coefficient (Wildman–Crippen LogP) is 2.23. The van der Waals surface area contributed by atoms with Gasteiger partial charge in [0.25, 0.3) is 11.8 Å². The fourth-order valence-corrected chi connectivity index (χ4v) is 2.07. The van der Waals surface area contributed by atoms with E-state index >= 15 is 0 Å². The number of amides is 2. The van der Waals surface area contributed by atoms with E-state index in [1.54, 1.807) is 18.2 Å². The normalized spacial score (nSPS) is 10.6. The average molecular weight is 346 g/mol. The third-order valence-corrected chi connectivity index (χ3v) is 3.31. The lowest BCUT2D eigenvalue weighted by Gasteiger charge is -2.05. The molecule has 124 valence electrons. The summed E-state index contributed by atoms with van der Waals surface area (Å²) in [5.74, 6) is -0.843. The molecule has 7 heteroatoms. The topological polar surface area (TPSA) is 90.8 Å². The van der Waals surface area contributed by atoms with Crippen molar-refractivity contribution in [3.63, 3.8) is 0 Å². The van der Waals surface area contributed by atoms with E-state index in [9.17, 15) is 14.7 Å². The second-order valence-corrected chi connectivity index (χ2v) is 5.48. The molecule has 6 nitrogen and oxygen atoms in total. The molecule has 2 rings (SSSR count). The number of carbonyl (C=O) groups excluding carboxylic acids is 2. The molecule has 3 N–H and O–H groups in total. The number of hydrazone groups is 1. The third-order valence-electron chi connectivity index (χ3n) is 3.07. The molecular formula is C17H16ClN3O3. The Kier molecular flexibility index (Phi) is 5.92. The number of rotatable bonds is 5. The number of aromatic hydroxyl groups is 1. The Morgan fingerprint density at radius 2 is 2.04 bits per heavy atom. The van der Waals surface area contributed by atoms with Gasteiger partial charge in [0.2, 0.25) is 0 Å². The zero-order valence-electron chi connectivity index (χ0n) is 12.9. The van der Waals surface area contributed by atoms with E-state index in [1.165, 1.54) is 24.4 Å². The molecule has 0 aliphatic rings. The highest BCUT2D eigenvalue weighted by Crippen LogP contribution is 2.19. The minimum Gasteiger partial charge on any atom is -0.507 e. The minimum absolute atomic E-state index is 0.00912. The molecule has 2 aromatic carbocycles. The second-order valence-electron chi connectivity index (χ2n) is 5.05. The van der Waals surface area contributed by atoms with Gasteiger partial charge in [0.05, 0.1) is 12.8 Å². The smallest absolute Gasteiger partial charge is 0.259 e. The summed E-state index contributed by atoms with van der Waals surface area (Å²) in [6.07, 6.45) is 1.27. The maximum Gasteiger partial charge on any atom is 0.259 e. The van der Waals surface area contributed by atoms with Crippen LogP contribution in [0.4, 0.5) is 0 Å². The van der Waals surface area contributed by atoms with Gasteiger partial charge in [-0.3, -0.25) is 9.59 Å². The molecule has 2 amide bonds. The molecule has 0 aliphatic heterocycles. The molecule has 0 heterocycles. The Bertz CT molecular complexity index is 790. The summed E-state index contributed by atoms with van der Waals surface area (Å²) in [6.45, 7) is 1.66. The maximum absolute atomic E-state index is 11.9. The van der Waals surface area contributed by atoms with Crippen molar-refractivity contribution >= 4 is 29.6 Å². The van der Waals surface area contributed by atoms with Crippen molar-refractivity contribution < 1.29 is 14.7 Å². The lowest BCUT2D eigenvalue weighted by Crippen LogP contribution is -2.34. The largest absolute Gasteiger partial charge is 0.507 e. The Morgan fingerprint density at radius 3 is 2.79 bits per heavy atom. The zero-order chi connectivity index (χ0) is 17.5. The van der Waals surface area contributed by atoms with Gasteiger partial charge in [0.1, 0.15) is 5.75 Å². The molecule has 0 aliphatic carbocycles. The number of aryl methyl sites for hydroxylation is 1. The number of nitrogens with zero attached hydrogens (tertiary/aromatic N) is 1. The van der Waals surface area contributed by atoms with Gasteiger partial charge < -0.3 is 10.4 Å². The first kappa shape index (κ1) is 17.5. The number of hydrogen-bond acceptors (Lipinski definition) is 4. The van der Waals surface area contributed by atoms with Crippen LogP contribution in [0.5, 0.6) is 5.75 Å². The van der Waals surface area contributed by atoms with E-state index < -0.39 is 5.91 Å². The Morgan fingerprint density at radius 1 is 1.25 bits per heavy atom. The van der Waals surface area contributed by atoms with E-state index in [0.717, 1.165) is 5.56 Å². The van der Waals surface area contributed by atoms with Crippen molar-refractivity contribution in [1.82, 2.24) is 10.7 Å². The standard InChI is InChI=1S/C17H16ClN3O3/c1-11-3-2-4-12(7-11)17(24)19-10-16(23)21-20-9-13-8-14(18)5-6-15(13)22/h2-9,22H,10H2,1H3,(H,19,24)(H,21,23)/b20-9-. The number of halogens is 1. The van der Waals surface area contributed by atoms with Crippen LogP contribution in [0, 0.1) is 6.92 Å². The van der Waals surface area contributed by atoms with Gasteiger partial charge in [-0.2, -0.15) is 5.10 Å². The number of carbonyl (C=O) groups is 2. The summed E-state index contributed by atoms with van der Waals surface area (Å²) >= 11 is 5.80. The van der Waals surface area contributed by atoms with Crippen molar-refractivity contribution in [2.75, 3.05) is 6.54 Å². The SMILES string of the molecule is Cc1cccc(C(=O)NCC(=O)N/N=C\c2cc(Cl)ccc2O)c1. The minimum atomic E-state index is -0.492. The molecule has 2 aromatic rings. The maximum atomic E-state index is 11.9. The monoisotopic (exact) mass is 345 g/mol. The molecule has 24 heavy (non-hydrogen) atoms. The van der Waals surface area contributed by atoms with Crippen molar-refractivity contribution in [3.8, 4) is 5.75 Å². The molecule has 0 bridgehead atoms. The number of phenols is 1.